The highest BCUT2D eigenvalue weighted by Crippen LogP contribution is 2.30. The zero-order valence-corrected chi connectivity index (χ0v) is 13.0. The van der Waals surface area contributed by atoms with E-state index in [1.165, 1.54) is 6.07 Å². The van der Waals surface area contributed by atoms with Gasteiger partial charge in [0.1, 0.15) is 17.2 Å². The number of rotatable bonds is 4. The number of pyridine rings is 1. The quantitative estimate of drug-likeness (QED) is 0.935. The molecule has 0 bridgehead atoms. The van der Waals surface area contributed by atoms with Gasteiger partial charge in [-0.05, 0) is 42.5 Å². The fraction of sp³-hybridized carbons (Fsp3) is 0.333. The van der Waals surface area contributed by atoms with Gasteiger partial charge in [-0.3, -0.25) is 9.78 Å². The molecule has 126 valence electrons. The molecule has 24 heavy (non-hydrogen) atoms. The first kappa shape index (κ1) is 16.5. The Labute approximate surface area is 138 Å². The monoisotopic (exact) mass is 332 g/mol. The number of hydrogen-bond donors (Lipinski definition) is 1. The van der Waals surface area contributed by atoms with Crippen molar-refractivity contribution in [3.8, 4) is 0 Å². The maximum absolute atomic E-state index is 13.9. The molecule has 4 nitrogen and oxygen atoms in total. The molecule has 0 spiro atoms. The normalized spacial score (nSPS) is 16.6. The number of halogens is 2. The van der Waals surface area contributed by atoms with Crippen molar-refractivity contribution in [1.29, 1.82) is 0 Å². The average molecular weight is 332 g/mol. The molecule has 1 aromatic carbocycles. The number of hydrogen-bond acceptors (Lipinski definition) is 3. The lowest BCUT2D eigenvalue weighted by atomic mass is 9.87. The van der Waals surface area contributed by atoms with Crippen LogP contribution >= 0.6 is 0 Å². The molecule has 1 aliphatic rings. The summed E-state index contributed by atoms with van der Waals surface area (Å²) >= 11 is 0. The highest BCUT2D eigenvalue weighted by Gasteiger charge is 2.29. The summed E-state index contributed by atoms with van der Waals surface area (Å²) in [6.07, 6.45) is 4.83. The third kappa shape index (κ3) is 3.59. The molecular weight excluding hydrogens is 314 g/mol. The molecule has 1 aromatic heterocycles. The maximum atomic E-state index is 13.9. The molecule has 6 heteroatoms. The second-order valence-electron chi connectivity index (χ2n) is 5.78. The van der Waals surface area contributed by atoms with Gasteiger partial charge in [-0.15, -0.1) is 0 Å². The summed E-state index contributed by atoms with van der Waals surface area (Å²) in [5, 5.41) is 2.79. The van der Waals surface area contributed by atoms with Gasteiger partial charge in [0.05, 0.1) is 6.04 Å². The van der Waals surface area contributed by atoms with Crippen molar-refractivity contribution in [2.45, 2.75) is 18.9 Å². The van der Waals surface area contributed by atoms with Crippen molar-refractivity contribution in [2.75, 3.05) is 13.2 Å². The lowest BCUT2D eigenvalue weighted by molar-refractivity contribution is 0.0512. The number of nitrogens with zero attached hydrogens (tertiary/aromatic N) is 1. The Kier molecular flexibility index (Phi) is 5.15. The summed E-state index contributed by atoms with van der Waals surface area (Å²) in [4.78, 5) is 16.6. The Hall–Kier alpha value is -2.34. The van der Waals surface area contributed by atoms with Gasteiger partial charge in [0, 0.05) is 25.6 Å². The Morgan fingerprint density at radius 1 is 1.17 bits per heavy atom. The number of nitrogens with one attached hydrogen (secondary N) is 1. The standard InChI is InChI=1S/C18H18F2N2O2/c19-14-4-1-5-15(20)16(14)18(23)22-17(12-6-9-24-10-7-12)13-3-2-8-21-11-13/h1-5,8,11-12,17H,6-7,9-10H2,(H,22,23). The van der Waals surface area contributed by atoms with Gasteiger partial charge < -0.3 is 10.1 Å². The van der Waals surface area contributed by atoms with E-state index in [1.807, 2.05) is 6.07 Å². The van der Waals surface area contributed by atoms with Crippen LogP contribution in [-0.4, -0.2) is 24.1 Å². The average Bonchev–Trinajstić information content (AvgIpc) is 2.61. The third-order valence-electron chi connectivity index (χ3n) is 4.26. The molecule has 1 amide bonds. The van der Waals surface area contributed by atoms with Gasteiger partial charge in [0.25, 0.3) is 5.91 Å². The van der Waals surface area contributed by atoms with E-state index in [4.69, 9.17) is 4.74 Å². The Balaban J connectivity index is 1.87. The second kappa shape index (κ2) is 7.49. The molecule has 0 saturated carbocycles. The number of carbonyl (C=O) groups excluding carboxylic acids is 1. The molecule has 3 rings (SSSR count). The minimum absolute atomic E-state index is 0.127. The highest BCUT2D eigenvalue weighted by atomic mass is 19.1. The van der Waals surface area contributed by atoms with E-state index >= 15 is 0 Å². The first-order chi connectivity index (χ1) is 11.7. The zero-order chi connectivity index (χ0) is 16.9. The van der Waals surface area contributed by atoms with Gasteiger partial charge in [0.2, 0.25) is 0 Å². The van der Waals surface area contributed by atoms with Crippen LogP contribution in [0.15, 0.2) is 42.7 Å². The van der Waals surface area contributed by atoms with Gasteiger partial charge in [-0.2, -0.15) is 0 Å². The summed E-state index contributed by atoms with van der Waals surface area (Å²) in [5.41, 5.74) is 0.257. The van der Waals surface area contributed by atoms with E-state index in [0.29, 0.717) is 13.2 Å². The molecule has 1 aliphatic heterocycles. The van der Waals surface area contributed by atoms with Crippen molar-refractivity contribution in [1.82, 2.24) is 10.3 Å². The molecule has 2 heterocycles. The summed E-state index contributed by atoms with van der Waals surface area (Å²) in [7, 11) is 0. The van der Waals surface area contributed by atoms with Crippen LogP contribution in [0.2, 0.25) is 0 Å². The van der Waals surface area contributed by atoms with Gasteiger partial charge in [-0.25, -0.2) is 8.78 Å². The van der Waals surface area contributed by atoms with E-state index in [9.17, 15) is 13.6 Å². The van der Waals surface area contributed by atoms with E-state index in [-0.39, 0.29) is 12.0 Å². The van der Waals surface area contributed by atoms with Gasteiger partial charge in [-0.1, -0.05) is 12.1 Å². The van der Waals surface area contributed by atoms with Crippen LogP contribution in [0.1, 0.15) is 34.8 Å². The smallest absolute Gasteiger partial charge is 0.257 e. The zero-order valence-electron chi connectivity index (χ0n) is 13.0. The maximum Gasteiger partial charge on any atom is 0.257 e. The molecule has 1 unspecified atom stereocenters. The topological polar surface area (TPSA) is 51.2 Å². The Morgan fingerprint density at radius 3 is 2.50 bits per heavy atom. The highest BCUT2D eigenvalue weighted by molar-refractivity contribution is 5.95. The summed E-state index contributed by atoms with van der Waals surface area (Å²) in [6, 6.07) is 6.65. The van der Waals surface area contributed by atoms with Gasteiger partial charge >= 0.3 is 0 Å². The molecule has 0 radical (unpaired) electrons. The number of benzene rings is 1. The van der Waals surface area contributed by atoms with Crippen LogP contribution in [0, 0.1) is 17.6 Å². The van der Waals surface area contributed by atoms with E-state index in [0.717, 1.165) is 30.5 Å². The van der Waals surface area contributed by atoms with E-state index in [2.05, 4.69) is 10.3 Å². The van der Waals surface area contributed by atoms with Gasteiger partial charge in [0.15, 0.2) is 0 Å². The second-order valence-corrected chi connectivity index (χ2v) is 5.78. The molecular formula is C18H18F2N2O2. The van der Waals surface area contributed by atoms with Crippen LogP contribution in [0.25, 0.3) is 0 Å². The SMILES string of the molecule is O=C(NC(c1cccnc1)C1CCOCC1)c1c(F)cccc1F. The summed E-state index contributed by atoms with van der Waals surface area (Å²) in [6.45, 7) is 1.21. The minimum atomic E-state index is -0.871. The van der Waals surface area contributed by atoms with Crippen molar-refractivity contribution in [3.63, 3.8) is 0 Å². The Morgan fingerprint density at radius 2 is 1.88 bits per heavy atom. The Bertz CT molecular complexity index is 683. The van der Waals surface area contributed by atoms with E-state index in [1.54, 1.807) is 18.5 Å². The van der Waals surface area contributed by atoms with Crippen molar-refractivity contribution in [2.24, 2.45) is 5.92 Å². The number of amides is 1. The first-order valence-corrected chi connectivity index (χ1v) is 7.89. The van der Waals surface area contributed by atoms with Crippen LogP contribution in [0.5, 0.6) is 0 Å². The predicted molar refractivity (Wildman–Crippen MR) is 84.3 cm³/mol. The molecule has 2 aromatic rings. The molecule has 0 aliphatic carbocycles. The van der Waals surface area contributed by atoms with Crippen LogP contribution in [0.4, 0.5) is 8.78 Å². The molecule has 1 fully saturated rings. The molecule has 1 saturated heterocycles. The minimum Gasteiger partial charge on any atom is -0.381 e. The van der Waals surface area contributed by atoms with Crippen molar-refractivity contribution >= 4 is 5.91 Å². The first-order valence-electron chi connectivity index (χ1n) is 7.89. The fourth-order valence-electron chi connectivity index (χ4n) is 3.01. The van der Waals surface area contributed by atoms with E-state index < -0.39 is 23.1 Å². The molecule has 1 atom stereocenters. The van der Waals surface area contributed by atoms with Crippen LogP contribution in [-0.2, 0) is 4.74 Å². The number of carbonyl (C=O) groups is 1. The van der Waals surface area contributed by atoms with Crippen molar-refractivity contribution < 1.29 is 18.3 Å². The predicted octanol–water partition coefficient (Wildman–Crippen LogP) is 3.26. The lowest BCUT2D eigenvalue weighted by Crippen LogP contribution is -2.36. The molecule has 1 N–H and O–H groups in total. The fourth-order valence-corrected chi connectivity index (χ4v) is 3.01. The van der Waals surface area contributed by atoms with Crippen LogP contribution < -0.4 is 5.32 Å². The summed E-state index contributed by atoms with van der Waals surface area (Å²) in [5.74, 6) is -2.37. The van der Waals surface area contributed by atoms with Crippen LogP contribution in [0.3, 0.4) is 0 Å². The third-order valence-corrected chi connectivity index (χ3v) is 4.26. The number of ether oxygens (including phenoxy) is 1. The summed E-state index contributed by atoms with van der Waals surface area (Å²) < 4.78 is 33.1. The lowest BCUT2D eigenvalue weighted by Gasteiger charge is -2.31. The largest absolute Gasteiger partial charge is 0.381 e. The van der Waals surface area contributed by atoms with Crippen molar-refractivity contribution in [3.05, 3.63) is 65.5 Å². The number of aromatic nitrogens is 1.